The topological polar surface area (TPSA) is 107 Å². The van der Waals surface area contributed by atoms with E-state index in [1.165, 1.54) is 24.7 Å². The number of rotatable bonds is 9. The number of carbonyl (C=O) groups is 1. The van der Waals surface area contributed by atoms with Gasteiger partial charge in [0.1, 0.15) is 17.7 Å². The number of aromatic amines is 1. The van der Waals surface area contributed by atoms with Gasteiger partial charge in [-0.1, -0.05) is 23.2 Å². The van der Waals surface area contributed by atoms with E-state index < -0.39 is 17.9 Å². The highest BCUT2D eigenvalue weighted by Gasteiger charge is 2.20. The Kier molecular flexibility index (Phi) is 8.60. The molecule has 4 heterocycles. The van der Waals surface area contributed by atoms with Gasteiger partial charge in [0.25, 0.3) is 0 Å². The number of halogens is 3. The second-order valence-corrected chi connectivity index (χ2v) is 10.4. The zero-order valence-electron chi connectivity index (χ0n) is 21.6. The molecule has 12 heteroatoms. The quantitative estimate of drug-likeness (QED) is 0.267. The number of fused-ring (bicyclic) bond motifs is 1. The fourth-order valence-electron chi connectivity index (χ4n) is 4.66. The van der Waals surface area contributed by atoms with Gasteiger partial charge in [0.15, 0.2) is 0 Å². The fourth-order valence-corrected chi connectivity index (χ4v) is 5.33. The van der Waals surface area contributed by atoms with E-state index in [4.69, 9.17) is 33.0 Å². The van der Waals surface area contributed by atoms with Crippen molar-refractivity contribution in [3.05, 3.63) is 81.5 Å². The Labute approximate surface area is 240 Å². The molecule has 9 nitrogen and oxygen atoms in total. The predicted octanol–water partition coefficient (Wildman–Crippen LogP) is 5.47. The largest absolute Gasteiger partial charge is 0.486 e. The highest BCUT2D eigenvalue weighted by atomic mass is 35.5. The summed E-state index contributed by atoms with van der Waals surface area (Å²) in [5.74, 6) is -0.733. The average Bonchev–Trinajstić information content (AvgIpc) is 3.31. The van der Waals surface area contributed by atoms with Gasteiger partial charge in [-0.05, 0) is 37.3 Å². The minimum atomic E-state index is -0.816. The SMILES string of the molecule is C[C@@H](Oc1ccc2[nH]nc(/C=C(\F)c3ccc(CN4CCN(CC(=O)O)CC4)nc3)c2c1)c1c(Cl)cncc1Cl. The molecule has 3 aromatic heterocycles. The van der Waals surface area contributed by atoms with Gasteiger partial charge in [0.2, 0.25) is 0 Å². The molecule has 1 aliphatic heterocycles. The minimum absolute atomic E-state index is 0.0560. The number of benzene rings is 1. The van der Waals surface area contributed by atoms with Crippen molar-refractivity contribution in [2.45, 2.75) is 19.6 Å². The van der Waals surface area contributed by atoms with Crippen LogP contribution in [0.5, 0.6) is 5.75 Å². The fraction of sp³-hybridized carbons (Fsp3) is 0.286. The number of hydrogen-bond acceptors (Lipinski definition) is 7. The molecule has 0 unspecified atom stereocenters. The number of ether oxygens (including phenoxy) is 1. The molecular weight excluding hydrogens is 558 g/mol. The normalized spacial score (nSPS) is 15.8. The first-order chi connectivity index (χ1) is 19.3. The summed E-state index contributed by atoms with van der Waals surface area (Å²) in [7, 11) is 0. The molecule has 0 amide bonds. The van der Waals surface area contributed by atoms with Crippen molar-refractivity contribution >= 4 is 52.0 Å². The zero-order valence-corrected chi connectivity index (χ0v) is 23.2. The molecular formula is C28H27Cl2FN6O3. The van der Waals surface area contributed by atoms with E-state index in [9.17, 15) is 4.79 Å². The molecule has 1 aliphatic rings. The summed E-state index contributed by atoms with van der Waals surface area (Å²) in [4.78, 5) is 23.4. The molecule has 40 heavy (non-hydrogen) atoms. The van der Waals surface area contributed by atoms with E-state index in [0.717, 1.165) is 24.3 Å². The number of nitrogens with zero attached hydrogens (tertiary/aromatic N) is 5. The number of aromatic nitrogens is 4. The number of aliphatic carboxylic acids is 1. The van der Waals surface area contributed by atoms with Gasteiger partial charge >= 0.3 is 5.97 Å². The van der Waals surface area contributed by atoms with E-state index in [2.05, 4.69) is 25.1 Å². The molecule has 0 radical (unpaired) electrons. The zero-order chi connectivity index (χ0) is 28.2. The first kappa shape index (κ1) is 28.0. The van der Waals surface area contributed by atoms with Crippen molar-refractivity contribution in [3.63, 3.8) is 0 Å². The second-order valence-electron chi connectivity index (χ2n) is 9.57. The number of H-pyrrole nitrogens is 1. The van der Waals surface area contributed by atoms with Gasteiger partial charge in [-0.2, -0.15) is 5.10 Å². The molecule has 5 rings (SSSR count). The molecule has 4 aromatic rings. The van der Waals surface area contributed by atoms with Crippen LogP contribution in [0.3, 0.4) is 0 Å². The third kappa shape index (κ3) is 6.59. The van der Waals surface area contributed by atoms with Crippen molar-refractivity contribution in [1.82, 2.24) is 30.0 Å². The first-order valence-corrected chi connectivity index (χ1v) is 13.4. The number of carboxylic acids is 1. The Balaban J connectivity index is 1.26. The van der Waals surface area contributed by atoms with Crippen molar-refractivity contribution in [2.75, 3.05) is 32.7 Å². The maximum atomic E-state index is 15.2. The summed E-state index contributed by atoms with van der Waals surface area (Å²) in [6.45, 7) is 5.40. The first-order valence-electron chi connectivity index (χ1n) is 12.7. The molecule has 0 bridgehead atoms. The Hall–Kier alpha value is -3.57. The van der Waals surface area contributed by atoms with Crippen LogP contribution in [0.4, 0.5) is 4.39 Å². The summed E-state index contributed by atoms with van der Waals surface area (Å²) < 4.78 is 21.3. The van der Waals surface area contributed by atoms with Crippen molar-refractivity contribution < 1.29 is 19.0 Å². The van der Waals surface area contributed by atoms with Crippen LogP contribution in [0.25, 0.3) is 22.8 Å². The van der Waals surface area contributed by atoms with E-state index in [-0.39, 0.29) is 6.54 Å². The molecule has 1 atom stereocenters. The lowest BCUT2D eigenvalue weighted by Crippen LogP contribution is -2.47. The predicted molar refractivity (Wildman–Crippen MR) is 152 cm³/mol. The Bertz CT molecular complexity index is 1520. The van der Waals surface area contributed by atoms with Gasteiger partial charge < -0.3 is 9.84 Å². The summed E-state index contributed by atoms with van der Waals surface area (Å²) in [6, 6.07) is 8.89. The molecule has 1 saturated heterocycles. The van der Waals surface area contributed by atoms with Gasteiger partial charge in [-0.15, -0.1) is 0 Å². The maximum absolute atomic E-state index is 15.2. The van der Waals surface area contributed by atoms with Crippen LogP contribution in [0, 0.1) is 0 Å². The van der Waals surface area contributed by atoms with Crippen LogP contribution in [0.2, 0.25) is 10.0 Å². The lowest BCUT2D eigenvalue weighted by Gasteiger charge is -2.33. The van der Waals surface area contributed by atoms with Crippen molar-refractivity contribution in [1.29, 1.82) is 0 Å². The standard InChI is InChI=1S/C28H27Cl2FN6O3/c1-17(28-22(29)13-32-14-23(28)30)40-20-4-5-25-21(10-20)26(35-34-25)11-24(31)18-2-3-19(33-12-18)15-36-6-8-37(9-7-36)16-27(38)39/h2-5,10-14,17H,6-9,15-16H2,1H3,(H,34,35)(H,38,39)/b24-11-/t17-/m1/s1. The summed E-state index contributed by atoms with van der Waals surface area (Å²) in [6.07, 6.45) is 5.46. The van der Waals surface area contributed by atoms with E-state index in [1.807, 2.05) is 17.9 Å². The number of pyridine rings is 2. The van der Waals surface area contributed by atoms with E-state index >= 15 is 4.39 Å². The lowest BCUT2D eigenvalue weighted by molar-refractivity contribution is -0.138. The summed E-state index contributed by atoms with van der Waals surface area (Å²) in [5.41, 5.74) is 2.95. The number of hydrogen-bond donors (Lipinski definition) is 2. The summed E-state index contributed by atoms with van der Waals surface area (Å²) >= 11 is 12.5. The van der Waals surface area contributed by atoms with E-state index in [0.29, 0.717) is 57.6 Å². The second kappa shape index (κ2) is 12.3. The van der Waals surface area contributed by atoms with Gasteiger partial charge in [0.05, 0.1) is 33.5 Å². The van der Waals surface area contributed by atoms with Gasteiger partial charge in [0, 0.05) is 73.9 Å². The van der Waals surface area contributed by atoms with Crippen LogP contribution in [0.1, 0.15) is 35.5 Å². The lowest BCUT2D eigenvalue weighted by atomic mass is 10.1. The Morgan fingerprint density at radius 2 is 1.85 bits per heavy atom. The smallest absolute Gasteiger partial charge is 0.317 e. The van der Waals surface area contributed by atoms with E-state index in [1.54, 1.807) is 24.3 Å². The Morgan fingerprint density at radius 1 is 1.12 bits per heavy atom. The van der Waals surface area contributed by atoms with Crippen molar-refractivity contribution in [2.24, 2.45) is 0 Å². The third-order valence-corrected chi connectivity index (χ3v) is 7.35. The van der Waals surface area contributed by atoms with Gasteiger partial charge in [-0.3, -0.25) is 29.7 Å². The van der Waals surface area contributed by atoms with Gasteiger partial charge in [-0.25, -0.2) is 4.39 Å². The molecule has 0 saturated carbocycles. The molecule has 0 spiro atoms. The molecule has 208 valence electrons. The Morgan fingerprint density at radius 3 is 2.52 bits per heavy atom. The number of nitrogens with one attached hydrogen (secondary N) is 1. The molecule has 2 N–H and O–H groups in total. The number of piperazine rings is 1. The van der Waals surface area contributed by atoms with Crippen LogP contribution < -0.4 is 4.74 Å². The highest BCUT2D eigenvalue weighted by molar-refractivity contribution is 6.35. The highest BCUT2D eigenvalue weighted by Crippen LogP contribution is 2.34. The minimum Gasteiger partial charge on any atom is -0.486 e. The van der Waals surface area contributed by atoms with Crippen LogP contribution >= 0.6 is 23.2 Å². The van der Waals surface area contributed by atoms with Crippen LogP contribution in [0.15, 0.2) is 48.9 Å². The summed E-state index contributed by atoms with van der Waals surface area (Å²) in [5, 5.41) is 17.7. The number of carboxylic acid groups (broad SMARTS) is 1. The maximum Gasteiger partial charge on any atom is 0.317 e. The monoisotopic (exact) mass is 584 g/mol. The molecule has 0 aliphatic carbocycles. The third-order valence-electron chi connectivity index (χ3n) is 6.75. The van der Waals surface area contributed by atoms with Crippen LogP contribution in [-0.2, 0) is 11.3 Å². The molecule has 1 aromatic carbocycles. The van der Waals surface area contributed by atoms with Crippen molar-refractivity contribution in [3.8, 4) is 5.75 Å². The average molecular weight is 585 g/mol. The van der Waals surface area contributed by atoms with Crippen LogP contribution in [-0.4, -0.2) is 73.8 Å². The molecule has 1 fully saturated rings.